The van der Waals surface area contributed by atoms with Crippen molar-refractivity contribution in [1.29, 1.82) is 0 Å². The lowest BCUT2D eigenvalue weighted by Crippen LogP contribution is -2.06. The highest BCUT2D eigenvalue weighted by Gasteiger charge is 2.28. The van der Waals surface area contributed by atoms with E-state index in [0.717, 1.165) is 197 Å². The van der Waals surface area contributed by atoms with Gasteiger partial charge >= 0.3 is 0 Å². The van der Waals surface area contributed by atoms with Crippen LogP contribution in [0.5, 0.6) is 0 Å². The number of nitrogens with zero attached hydrogens (tertiary/aromatic N) is 18. The lowest BCUT2D eigenvalue weighted by atomic mass is 10.1. The van der Waals surface area contributed by atoms with Gasteiger partial charge in [-0.25, -0.2) is 34.9 Å². The maximum atomic E-state index is 6.65. The Morgan fingerprint density at radius 3 is 0.937 bits per heavy atom. The number of hydrogen-bond acceptors (Lipinski definition) is 18. The second kappa shape index (κ2) is 29.0. The fourth-order valence-corrected chi connectivity index (χ4v) is 17.8. The van der Waals surface area contributed by atoms with Gasteiger partial charge in [-0.1, -0.05) is 255 Å². The summed E-state index contributed by atoms with van der Waals surface area (Å²) in [5, 5.41) is 14.2. The molecule has 0 aliphatic carbocycles. The SMILES string of the molecule is c1ccc(-c2nc(-c3ccccc3)nc(-n3c4ccccc4c4ccc5c(oc6ccc7cncnc7c65)c43)n2)cc1.c1ccc(-c2nc(-c3ccccc3)nc(-n3c4ccccc4c4ccc5c(oc6ccc7nccnc7c65)c43)n2)cc1.c1ccc(-c2nc(-c3ccccc3)nc(-n3c4ccccc4c4ccc5c(oc6ccc7ncncc7c65)c43)n2)cc1. The summed E-state index contributed by atoms with van der Waals surface area (Å²) in [5.74, 6) is 5.17. The summed E-state index contributed by atoms with van der Waals surface area (Å²) in [6.07, 6.45) is 10.3. The Balaban J connectivity index is 0.000000103. The molecule has 0 amide bonds. The predicted molar refractivity (Wildman–Crippen MR) is 496 cm³/mol. The lowest BCUT2D eigenvalue weighted by Gasteiger charge is -2.11. The van der Waals surface area contributed by atoms with E-state index in [1.54, 1.807) is 25.0 Å². The van der Waals surface area contributed by atoms with E-state index in [2.05, 4.69) is 135 Å². The molecule has 27 rings (SSSR count). The molecule has 0 unspecified atom stereocenters. The molecule has 0 aliphatic rings. The standard InChI is InChI=1S/3C35H20N6O/c1-3-9-21(10-4-1)33-38-34(22-11-5-2-6-12-22)40-35(39-33)41-27-14-8-7-13-24(27)25-16-17-26-29-28(42-32(26)31(25)41)18-15-23-19-36-20-37-30(23)29;1-3-9-21(10-4-1)33-38-34(22-11-5-2-6-12-22)40-35(39-33)41-28-14-8-7-13-23(28)24-15-16-25-30-26-19-36-20-37-27(26)17-18-29(30)42-32(25)31(24)41;1-3-9-21(10-4-1)33-38-34(22-11-5-2-6-12-22)40-35(39-33)41-27-14-8-7-13-23(27)24-15-16-25-29-28(42-32(25)31(24)41)18-17-26-30(29)37-20-19-36-26/h3*1-20H. The fourth-order valence-electron chi connectivity index (χ4n) is 17.8. The first kappa shape index (κ1) is 71.1. The number of benzene rings is 15. The van der Waals surface area contributed by atoms with Gasteiger partial charge in [0.25, 0.3) is 0 Å². The highest BCUT2D eigenvalue weighted by atomic mass is 16.3. The number of para-hydroxylation sites is 3. The van der Waals surface area contributed by atoms with Crippen LogP contribution in [0.2, 0.25) is 0 Å². The maximum absolute atomic E-state index is 6.65. The van der Waals surface area contributed by atoms with E-state index in [1.807, 2.05) is 249 Å². The third kappa shape index (κ3) is 11.6. The molecular formula is C105H60N18O3. The number of rotatable bonds is 9. The summed E-state index contributed by atoms with van der Waals surface area (Å²) in [5.41, 5.74) is 19.1. The van der Waals surface area contributed by atoms with Gasteiger partial charge in [-0.3, -0.25) is 23.7 Å². The summed E-state index contributed by atoms with van der Waals surface area (Å²) in [6, 6.07) is 110. The minimum Gasteiger partial charge on any atom is -0.454 e. The second-order valence-electron chi connectivity index (χ2n) is 30.6. The Labute approximate surface area is 712 Å². The number of fused-ring (bicyclic) bond motifs is 27. The van der Waals surface area contributed by atoms with Crippen molar-refractivity contribution in [2.75, 3.05) is 0 Å². The van der Waals surface area contributed by atoms with E-state index in [0.29, 0.717) is 52.8 Å². The number of furan rings is 3. The van der Waals surface area contributed by atoms with Crippen LogP contribution >= 0.6 is 0 Å². The van der Waals surface area contributed by atoms with Crippen molar-refractivity contribution in [2.24, 2.45) is 0 Å². The van der Waals surface area contributed by atoms with Crippen molar-refractivity contribution < 1.29 is 13.3 Å². The van der Waals surface area contributed by atoms with Crippen LogP contribution in [-0.2, 0) is 0 Å². The first-order valence-electron chi connectivity index (χ1n) is 41.0. The second-order valence-corrected chi connectivity index (χ2v) is 30.6. The molecule has 0 atom stereocenters. The summed E-state index contributed by atoms with van der Waals surface area (Å²) in [7, 11) is 0. The third-order valence-electron chi connectivity index (χ3n) is 23.4. The lowest BCUT2D eigenvalue weighted by molar-refractivity contribution is 0.670. The van der Waals surface area contributed by atoms with Gasteiger partial charge in [-0.15, -0.1) is 0 Å². The predicted octanol–water partition coefficient (Wildman–Crippen LogP) is 24.4. The van der Waals surface area contributed by atoms with Crippen molar-refractivity contribution in [3.63, 3.8) is 0 Å². The minimum absolute atomic E-state index is 0.520. The number of hydrogen-bond donors (Lipinski definition) is 0. The van der Waals surface area contributed by atoms with E-state index < -0.39 is 0 Å². The van der Waals surface area contributed by atoms with E-state index >= 15 is 0 Å². The molecule has 21 heteroatoms. The monoisotopic (exact) mass is 1620 g/mol. The van der Waals surface area contributed by atoms with E-state index in [4.69, 9.17) is 58.1 Å². The normalized spacial score (nSPS) is 11.8. The fraction of sp³-hybridized carbons (Fsp3) is 0. The van der Waals surface area contributed by atoms with Gasteiger partial charge in [0.1, 0.15) is 51.5 Å². The van der Waals surface area contributed by atoms with Crippen LogP contribution < -0.4 is 0 Å². The van der Waals surface area contributed by atoms with Crippen LogP contribution in [0.25, 0.3) is 250 Å². The van der Waals surface area contributed by atoms with Crippen LogP contribution in [0, 0.1) is 0 Å². The number of aromatic nitrogens is 18. The largest absolute Gasteiger partial charge is 0.454 e. The molecule has 15 aromatic carbocycles. The smallest absolute Gasteiger partial charge is 0.238 e. The molecule has 0 N–H and O–H groups in total. The van der Waals surface area contributed by atoms with Crippen LogP contribution in [0.4, 0.5) is 0 Å². The quantitative estimate of drug-likeness (QED) is 0.130. The molecule has 0 bridgehead atoms. The highest BCUT2D eigenvalue weighted by molar-refractivity contribution is 6.28. The van der Waals surface area contributed by atoms with Gasteiger partial charge < -0.3 is 13.3 Å². The molecule has 0 fully saturated rings. The van der Waals surface area contributed by atoms with Crippen molar-refractivity contribution in [3.05, 3.63) is 365 Å². The van der Waals surface area contributed by atoms with Gasteiger partial charge in [0, 0.05) is 123 Å². The molecule has 12 heterocycles. The molecule has 21 nitrogen and oxygen atoms in total. The van der Waals surface area contributed by atoms with Gasteiger partial charge in [0.2, 0.25) is 17.8 Å². The van der Waals surface area contributed by atoms with E-state index in [9.17, 15) is 0 Å². The van der Waals surface area contributed by atoms with E-state index in [1.165, 1.54) is 0 Å². The Hall–Kier alpha value is -17.9. The zero-order valence-electron chi connectivity index (χ0n) is 66.4. The van der Waals surface area contributed by atoms with Crippen molar-refractivity contribution in [2.45, 2.75) is 0 Å². The van der Waals surface area contributed by atoms with Crippen LogP contribution in [-0.4, -0.2) is 88.5 Å². The van der Waals surface area contributed by atoms with Gasteiger partial charge in [0.05, 0.1) is 43.9 Å². The molecule has 0 aliphatic heterocycles. The van der Waals surface area contributed by atoms with Crippen molar-refractivity contribution in [1.82, 2.24) is 88.5 Å². The average molecular weight is 1620 g/mol. The van der Waals surface area contributed by atoms with Crippen molar-refractivity contribution in [3.8, 4) is 86.2 Å². The molecule has 0 saturated carbocycles. The van der Waals surface area contributed by atoms with E-state index in [-0.39, 0.29) is 0 Å². The first-order valence-corrected chi connectivity index (χ1v) is 41.0. The summed E-state index contributed by atoms with van der Waals surface area (Å²) < 4.78 is 26.2. The van der Waals surface area contributed by atoms with Crippen molar-refractivity contribution >= 4 is 164 Å². The molecule has 0 radical (unpaired) electrons. The molecule has 27 aromatic rings. The molecular weight excluding hydrogens is 1560 g/mol. The minimum atomic E-state index is 0.520. The van der Waals surface area contributed by atoms with Crippen LogP contribution in [0.3, 0.4) is 0 Å². The Bertz CT molecular complexity index is 8050. The first-order chi connectivity index (χ1) is 62.5. The summed E-state index contributed by atoms with van der Waals surface area (Å²) in [6.45, 7) is 0. The van der Waals surface area contributed by atoms with Gasteiger partial charge in [0.15, 0.2) is 51.7 Å². The average Bonchev–Trinajstić information content (AvgIpc) is 1.56. The molecule has 0 saturated heterocycles. The topological polar surface area (TPSA) is 248 Å². The zero-order chi connectivity index (χ0) is 82.9. The zero-order valence-corrected chi connectivity index (χ0v) is 66.4. The van der Waals surface area contributed by atoms with Crippen LogP contribution in [0.1, 0.15) is 0 Å². The molecule has 588 valence electrons. The summed E-state index contributed by atoms with van der Waals surface area (Å²) in [4.78, 5) is 71.9. The molecule has 0 spiro atoms. The Morgan fingerprint density at radius 2 is 0.532 bits per heavy atom. The molecule has 12 aromatic heterocycles. The highest BCUT2D eigenvalue weighted by Crippen LogP contribution is 2.47. The van der Waals surface area contributed by atoms with Gasteiger partial charge in [-0.05, 0) is 72.8 Å². The van der Waals surface area contributed by atoms with Crippen LogP contribution in [0.15, 0.2) is 378 Å². The summed E-state index contributed by atoms with van der Waals surface area (Å²) >= 11 is 0. The molecule has 126 heavy (non-hydrogen) atoms. The van der Waals surface area contributed by atoms with Gasteiger partial charge in [-0.2, -0.15) is 29.9 Å². The Kier molecular flexibility index (Phi) is 16.3. The third-order valence-corrected chi connectivity index (χ3v) is 23.4. The Morgan fingerprint density at radius 1 is 0.214 bits per heavy atom. The maximum Gasteiger partial charge on any atom is 0.238 e.